The van der Waals surface area contributed by atoms with Crippen LogP contribution in [0, 0.1) is 17.8 Å². The van der Waals surface area contributed by atoms with Crippen molar-refractivity contribution < 1.29 is 9.84 Å². The first-order valence-corrected chi connectivity index (χ1v) is 11.4. The minimum atomic E-state index is 0.120. The summed E-state index contributed by atoms with van der Waals surface area (Å²) in [4.78, 5) is 5.06. The van der Waals surface area contributed by atoms with Gasteiger partial charge in [0.05, 0.1) is 13.7 Å². The van der Waals surface area contributed by atoms with E-state index in [1.54, 1.807) is 7.11 Å². The van der Waals surface area contributed by atoms with Crippen LogP contribution < -0.4 is 4.74 Å². The van der Waals surface area contributed by atoms with Crippen molar-refractivity contribution in [2.45, 2.75) is 32.2 Å². The zero-order valence-electron chi connectivity index (χ0n) is 19.0. The third-order valence-corrected chi connectivity index (χ3v) is 5.94. The molecule has 2 aromatic carbocycles. The van der Waals surface area contributed by atoms with Crippen LogP contribution in [0.3, 0.4) is 0 Å². The highest BCUT2D eigenvalue weighted by molar-refractivity contribution is 5.36. The normalized spacial score (nSPS) is 16.7. The van der Waals surface area contributed by atoms with E-state index in [4.69, 9.17) is 9.84 Å². The molecular formula is C27H36N2O2. The molecule has 0 spiro atoms. The summed E-state index contributed by atoms with van der Waals surface area (Å²) in [6, 6.07) is 16.9. The first kappa shape index (κ1) is 23.3. The maximum Gasteiger partial charge on any atom is 0.122 e. The molecule has 0 amide bonds. The first-order valence-electron chi connectivity index (χ1n) is 11.4. The van der Waals surface area contributed by atoms with Crippen LogP contribution in [0.2, 0.25) is 0 Å². The molecule has 3 rings (SSSR count). The van der Waals surface area contributed by atoms with Crippen LogP contribution in [0.4, 0.5) is 0 Å². The summed E-state index contributed by atoms with van der Waals surface area (Å²) in [5.41, 5.74) is 3.63. The van der Waals surface area contributed by atoms with E-state index < -0.39 is 0 Å². The average molecular weight is 421 g/mol. The molecule has 1 saturated heterocycles. The van der Waals surface area contributed by atoms with Crippen LogP contribution in [0.25, 0.3) is 0 Å². The molecule has 0 saturated carbocycles. The molecule has 1 heterocycles. The molecule has 1 unspecified atom stereocenters. The summed E-state index contributed by atoms with van der Waals surface area (Å²) >= 11 is 0. The standard InChI is InChI=1S/C27H36N2O2/c1-28(20-24-14-12-23(13-15-24)8-5-6-19-30)21-25-9-7-17-29(22-25)18-16-26-10-3-4-11-27(26)31-2/h3-4,10-15,25,30H,6-7,9,16-22H2,1-2H3. The molecule has 4 nitrogen and oxygen atoms in total. The molecule has 0 radical (unpaired) electrons. The van der Waals surface area contributed by atoms with Crippen molar-refractivity contribution in [1.82, 2.24) is 9.80 Å². The number of nitrogens with zero attached hydrogens (tertiary/aromatic N) is 2. The zero-order valence-corrected chi connectivity index (χ0v) is 19.0. The quantitative estimate of drug-likeness (QED) is 0.626. The van der Waals surface area contributed by atoms with Gasteiger partial charge >= 0.3 is 0 Å². The van der Waals surface area contributed by atoms with Crippen LogP contribution in [-0.4, -0.2) is 61.8 Å². The maximum atomic E-state index is 8.83. The number of likely N-dealkylation sites (tertiary alicyclic amines) is 1. The highest BCUT2D eigenvalue weighted by Crippen LogP contribution is 2.21. The van der Waals surface area contributed by atoms with E-state index in [9.17, 15) is 0 Å². The van der Waals surface area contributed by atoms with E-state index in [0.29, 0.717) is 6.42 Å². The number of benzene rings is 2. The van der Waals surface area contributed by atoms with Gasteiger partial charge in [0.15, 0.2) is 0 Å². The second kappa shape index (κ2) is 12.5. The van der Waals surface area contributed by atoms with Gasteiger partial charge in [-0.2, -0.15) is 0 Å². The predicted octanol–water partition coefficient (Wildman–Crippen LogP) is 3.82. The molecule has 4 heteroatoms. The number of hydrogen-bond donors (Lipinski definition) is 1. The Morgan fingerprint density at radius 3 is 2.74 bits per heavy atom. The molecular weight excluding hydrogens is 384 g/mol. The van der Waals surface area contributed by atoms with Crippen LogP contribution in [0.1, 0.15) is 36.0 Å². The molecule has 0 bridgehead atoms. The van der Waals surface area contributed by atoms with Crippen LogP contribution in [0.15, 0.2) is 48.5 Å². The Hall–Kier alpha value is -2.32. The number of rotatable bonds is 9. The number of hydrogen-bond acceptors (Lipinski definition) is 4. The summed E-state index contributed by atoms with van der Waals surface area (Å²) in [7, 11) is 3.98. The Bertz CT molecular complexity index is 854. The van der Waals surface area contributed by atoms with Crippen LogP contribution in [-0.2, 0) is 13.0 Å². The maximum absolute atomic E-state index is 8.83. The van der Waals surface area contributed by atoms with E-state index in [1.165, 1.54) is 37.1 Å². The van der Waals surface area contributed by atoms with Crippen molar-refractivity contribution in [2.75, 3.05) is 46.9 Å². The Labute approximate surface area is 187 Å². The Morgan fingerprint density at radius 1 is 1.16 bits per heavy atom. The van der Waals surface area contributed by atoms with E-state index in [2.05, 4.69) is 71.2 Å². The van der Waals surface area contributed by atoms with Gasteiger partial charge in [0.2, 0.25) is 0 Å². The molecule has 1 N–H and O–H groups in total. The lowest BCUT2D eigenvalue weighted by atomic mass is 9.96. The molecule has 2 aromatic rings. The molecule has 0 aromatic heterocycles. The average Bonchev–Trinajstić information content (AvgIpc) is 2.79. The topological polar surface area (TPSA) is 35.9 Å². The minimum absolute atomic E-state index is 0.120. The number of piperidine rings is 1. The number of aliphatic hydroxyl groups excluding tert-OH is 1. The fraction of sp³-hybridized carbons (Fsp3) is 0.481. The highest BCUT2D eigenvalue weighted by atomic mass is 16.5. The Kier molecular flexibility index (Phi) is 9.42. The first-order chi connectivity index (χ1) is 15.2. The second-order valence-electron chi connectivity index (χ2n) is 8.54. The molecule has 1 aliphatic heterocycles. The minimum Gasteiger partial charge on any atom is -0.496 e. The highest BCUT2D eigenvalue weighted by Gasteiger charge is 2.21. The van der Waals surface area contributed by atoms with Gasteiger partial charge in [0, 0.05) is 38.2 Å². The fourth-order valence-corrected chi connectivity index (χ4v) is 4.42. The lowest BCUT2D eigenvalue weighted by molar-refractivity contribution is 0.142. The van der Waals surface area contributed by atoms with E-state index >= 15 is 0 Å². The summed E-state index contributed by atoms with van der Waals surface area (Å²) in [6.45, 7) is 5.69. The third-order valence-electron chi connectivity index (χ3n) is 5.94. The molecule has 0 aliphatic carbocycles. The Balaban J connectivity index is 1.44. The third kappa shape index (κ3) is 7.70. The monoisotopic (exact) mass is 420 g/mol. The lowest BCUT2D eigenvalue weighted by Crippen LogP contribution is -2.40. The summed E-state index contributed by atoms with van der Waals surface area (Å²) in [5, 5.41) is 8.83. The van der Waals surface area contributed by atoms with Crippen molar-refractivity contribution in [1.29, 1.82) is 0 Å². The zero-order chi connectivity index (χ0) is 21.9. The van der Waals surface area contributed by atoms with Gasteiger partial charge < -0.3 is 19.6 Å². The van der Waals surface area contributed by atoms with E-state index in [1.807, 2.05) is 6.07 Å². The van der Waals surface area contributed by atoms with Crippen molar-refractivity contribution in [2.24, 2.45) is 5.92 Å². The van der Waals surface area contributed by atoms with Gasteiger partial charge in [-0.3, -0.25) is 0 Å². The fourth-order valence-electron chi connectivity index (χ4n) is 4.42. The number of aliphatic hydroxyl groups is 1. The van der Waals surface area contributed by atoms with Gasteiger partial charge in [-0.25, -0.2) is 0 Å². The van der Waals surface area contributed by atoms with Gasteiger partial charge in [0.1, 0.15) is 5.75 Å². The molecule has 1 fully saturated rings. The van der Waals surface area contributed by atoms with Gasteiger partial charge in [-0.1, -0.05) is 42.2 Å². The number of para-hydroxylation sites is 1. The van der Waals surface area contributed by atoms with Crippen molar-refractivity contribution in [3.8, 4) is 17.6 Å². The SMILES string of the molecule is COc1ccccc1CCN1CCCC(CN(C)Cc2ccc(C#CCCO)cc2)C1. The number of ether oxygens (including phenoxy) is 1. The lowest BCUT2D eigenvalue weighted by Gasteiger charge is -2.35. The van der Waals surface area contributed by atoms with E-state index in [0.717, 1.165) is 43.3 Å². The van der Waals surface area contributed by atoms with Crippen molar-refractivity contribution >= 4 is 0 Å². The smallest absolute Gasteiger partial charge is 0.122 e. The molecule has 31 heavy (non-hydrogen) atoms. The predicted molar refractivity (Wildman–Crippen MR) is 127 cm³/mol. The molecule has 1 atom stereocenters. The second-order valence-corrected chi connectivity index (χ2v) is 8.54. The molecule has 1 aliphatic rings. The summed E-state index contributed by atoms with van der Waals surface area (Å²) in [5.74, 6) is 7.79. The van der Waals surface area contributed by atoms with Crippen molar-refractivity contribution in [3.63, 3.8) is 0 Å². The van der Waals surface area contributed by atoms with Crippen molar-refractivity contribution in [3.05, 3.63) is 65.2 Å². The Morgan fingerprint density at radius 2 is 1.97 bits per heavy atom. The summed E-state index contributed by atoms with van der Waals surface area (Å²) < 4.78 is 5.50. The number of methoxy groups -OCH3 is 1. The molecule has 166 valence electrons. The van der Waals surface area contributed by atoms with Crippen LogP contribution >= 0.6 is 0 Å². The summed E-state index contributed by atoms with van der Waals surface area (Å²) in [6.07, 6.45) is 4.17. The van der Waals surface area contributed by atoms with E-state index in [-0.39, 0.29) is 6.61 Å². The largest absolute Gasteiger partial charge is 0.496 e. The van der Waals surface area contributed by atoms with Gasteiger partial charge in [0.25, 0.3) is 0 Å². The van der Waals surface area contributed by atoms with Gasteiger partial charge in [-0.15, -0.1) is 0 Å². The van der Waals surface area contributed by atoms with Gasteiger partial charge in [-0.05, 0) is 68.1 Å². The van der Waals surface area contributed by atoms with Crippen LogP contribution in [0.5, 0.6) is 5.75 Å².